The Hall–Kier alpha value is -1.36. The number of ether oxygens (including phenoxy) is 1. The van der Waals surface area contributed by atoms with Gasteiger partial charge in [0.1, 0.15) is 11.4 Å². The van der Waals surface area contributed by atoms with Gasteiger partial charge in [-0.15, -0.1) is 0 Å². The fraction of sp³-hybridized carbons (Fsp3) is 0.714. The number of imidazole rings is 1. The molecule has 1 aliphatic rings. The Kier molecular flexibility index (Phi) is 3.94. The van der Waals surface area contributed by atoms with Crippen LogP contribution in [0.15, 0.2) is 0 Å². The molecule has 1 atom stereocenters. The van der Waals surface area contributed by atoms with Gasteiger partial charge in [-0.25, -0.2) is 4.98 Å². The molecule has 0 saturated carbocycles. The summed E-state index contributed by atoms with van der Waals surface area (Å²) in [7, 11) is 1.37. The maximum Gasteiger partial charge on any atom is 0.325 e. The maximum absolute atomic E-state index is 11.6. The van der Waals surface area contributed by atoms with E-state index in [0.29, 0.717) is 6.42 Å². The van der Waals surface area contributed by atoms with Crippen LogP contribution in [0.25, 0.3) is 0 Å². The smallest absolute Gasteiger partial charge is 0.325 e. The van der Waals surface area contributed by atoms with Gasteiger partial charge in [0.25, 0.3) is 0 Å². The second-order valence-corrected chi connectivity index (χ2v) is 5.57. The van der Waals surface area contributed by atoms with Crippen molar-refractivity contribution in [3.8, 4) is 0 Å². The Balaban J connectivity index is 2.12. The Morgan fingerprint density at radius 2 is 2.16 bits per heavy atom. The SMILES string of the molecule is COC(=O)C(C)(N)CCn1c(C)nc2c1CCCC2. The summed E-state index contributed by atoms with van der Waals surface area (Å²) in [5.74, 6) is 0.659. The van der Waals surface area contributed by atoms with Gasteiger partial charge in [0, 0.05) is 12.2 Å². The number of rotatable bonds is 4. The molecule has 0 fully saturated rings. The average Bonchev–Trinajstić information content (AvgIpc) is 2.71. The van der Waals surface area contributed by atoms with Gasteiger partial charge in [0.15, 0.2) is 0 Å². The van der Waals surface area contributed by atoms with Crippen molar-refractivity contribution in [2.75, 3.05) is 7.11 Å². The van der Waals surface area contributed by atoms with Crippen LogP contribution >= 0.6 is 0 Å². The molecular formula is C14H23N3O2. The molecule has 2 N–H and O–H groups in total. The van der Waals surface area contributed by atoms with Crippen molar-refractivity contribution in [1.29, 1.82) is 0 Å². The molecular weight excluding hydrogens is 242 g/mol. The second kappa shape index (κ2) is 5.33. The number of carbonyl (C=O) groups is 1. The number of aryl methyl sites for hydroxylation is 2. The molecule has 1 aliphatic carbocycles. The minimum atomic E-state index is -0.937. The summed E-state index contributed by atoms with van der Waals surface area (Å²) in [5, 5.41) is 0. The molecule has 0 saturated heterocycles. The van der Waals surface area contributed by atoms with Crippen molar-refractivity contribution in [3.05, 3.63) is 17.2 Å². The van der Waals surface area contributed by atoms with Gasteiger partial charge in [-0.3, -0.25) is 4.79 Å². The van der Waals surface area contributed by atoms with Gasteiger partial charge in [-0.1, -0.05) is 0 Å². The van der Waals surface area contributed by atoms with Crippen LogP contribution in [0.1, 0.15) is 43.4 Å². The molecule has 0 aromatic carbocycles. The number of hydrogen-bond donors (Lipinski definition) is 1. The summed E-state index contributed by atoms with van der Waals surface area (Å²) in [4.78, 5) is 16.2. The van der Waals surface area contributed by atoms with Gasteiger partial charge in [-0.2, -0.15) is 0 Å². The molecule has 19 heavy (non-hydrogen) atoms. The van der Waals surface area contributed by atoms with E-state index in [2.05, 4.69) is 9.55 Å². The van der Waals surface area contributed by atoms with Crippen LogP contribution in [-0.4, -0.2) is 28.2 Å². The fourth-order valence-electron chi connectivity index (χ4n) is 2.71. The number of nitrogens with zero attached hydrogens (tertiary/aromatic N) is 2. The van der Waals surface area contributed by atoms with E-state index >= 15 is 0 Å². The lowest BCUT2D eigenvalue weighted by Gasteiger charge is -2.23. The normalized spacial score (nSPS) is 17.7. The van der Waals surface area contributed by atoms with Crippen LogP contribution in [0.4, 0.5) is 0 Å². The quantitative estimate of drug-likeness (QED) is 0.834. The molecule has 0 aliphatic heterocycles. The van der Waals surface area contributed by atoms with Crippen molar-refractivity contribution in [2.45, 2.75) is 58.0 Å². The van der Waals surface area contributed by atoms with Gasteiger partial charge >= 0.3 is 5.97 Å². The van der Waals surface area contributed by atoms with E-state index in [1.165, 1.54) is 31.3 Å². The van der Waals surface area contributed by atoms with Crippen LogP contribution in [0.5, 0.6) is 0 Å². The molecule has 5 heteroatoms. The largest absolute Gasteiger partial charge is 0.468 e. The van der Waals surface area contributed by atoms with E-state index in [4.69, 9.17) is 10.5 Å². The molecule has 0 bridgehead atoms. The molecule has 5 nitrogen and oxygen atoms in total. The van der Waals surface area contributed by atoms with Gasteiger partial charge in [0.2, 0.25) is 0 Å². The summed E-state index contributed by atoms with van der Waals surface area (Å²) in [5.41, 5.74) is 7.61. The predicted octanol–water partition coefficient (Wildman–Crippen LogP) is 1.35. The van der Waals surface area contributed by atoms with Crippen molar-refractivity contribution in [3.63, 3.8) is 0 Å². The number of methoxy groups -OCH3 is 1. The lowest BCUT2D eigenvalue weighted by atomic mass is 9.98. The topological polar surface area (TPSA) is 70.1 Å². The first-order chi connectivity index (χ1) is 8.95. The number of carbonyl (C=O) groups excluding carboxylic acids is 1. The Morgan fingerprint density at radius 3 is 2.84 bits per heavy atom. The maximum atomic E-state index is 11.6. The zero-order valence-corrected chi connectivity index (χ0v) is 12.0. The first-order valence-corrected chi connectivity index (χ1v) is 6.88. The van der Waals surface area contributed by atoms with Crippen molar-refractivity contribution < 1.29 is 9.53 Å². The van der Waals surface area contributed by atoms with Crippen LogP contribution in [-0.2, 0) is 28.9 Å². The minimum absolute atomic E-state index is 0.362. The monoisotopic (exact) mass is 265 g/mol. The second-order valence-electron chi connectivity index (χ2n) is 5.57. The average molecular weight is 265 g/mol. The van der Waals surface area contributed by atoms with Crippen molar-refractivity contribution >= 4 is 5.97 Å². The molecule has 106 valence electrons. The Morgan fingerprint density at radius 1 is 1.47 bits per heavy atom. The van der Waals surface area contributed by atoms with Crippen LogP contribution in [0, 0.1) is 6.92 Å². The number of hydrogen-bond acceptors (Lipinski definition) is 4. The first kappa shape index (κ1) is 14.1. The zero-order chi connectivity index (χ0) is 14.0. The molecule has 1 aromatic heterocycles. The standard InChI is InChI=1S/C14H23N3O2/c1-10-16-11-6-4-5-7-12(11)17(10)9-8-14(2,15)13(18)19-3/h4-9,15H2,1-3H3. The van der Waals surface area contributed by atoms with Crippen LogP contribution < -0.4 is 5.73 Å². The molecule has 2 rings (SSSR count). The van der Waals surface area contributed by atoms with Crippen molar-refractivity contribution in [1.82, 2.24) is 9.55 Å². The minimum Gasteiger partial charge on any atom is -0.468 e. The summed E-state index contributed by atoms with van der Waals surface area (Å²) < 4.78 is 6.95. The molecule has 0 radical (unpaired) electrons. The number of aromatic nitrogens is 2. The Labute approximate surface area is 114 Å². The lowest BCUT2D eigenvalue weighted by Crippen LogP contribution is -2.46. The molecule has 1 unspecified atom stereocenters. The first-order valence-electron chi connectivity index (χ1n) is 6.88. The number of esters is 1. The van der Waals surface area contributed by atoms with Crippen LogP contribution in [0.3, 0.4) is 0 Å². The van der Waals surface area contributed by atoms with Gasteiger partial charge in [-0.05, 0) is 46.0 Å². The molecule has 1 aromatic rings. The summed E-state index contributed by atoms with van der Waals surface area (Å²) in [6.07, 6.45) is 5.15. The van der Waals surface area contributed by atoms with E-state index in [1.807, 2.05) is 6.92 Å². The zero-order valence-electron chi connectivity index (χ0n) is 12.0. The third-order valence-corrected chi connectivity index (χ3v) is 3.93. The van der Waals surface area contributed by atoms with Crippen molar-refractivity contribution in [2.24, 2.45) is 5.73 Å². The summed E-state index contributed by atoms with van der Waals surface area (Å²) in [6, 6.07) is 0. The van der Waals surface area contributed by atoms with Gasteiger partial charge in [0.05, 0.1) is 12.8 Å². The van der Waals surface area contributed by atoms with Gasteiger partial charge < -0.3 is 15.0 Å². The highest BCUT2D eigenvalue weighted by atomic mass is 16.5. The number of fused-ring (bicyclic) bond motifs is 1. The van der Waals surface area contributed by atoms with E-state index < -0.39 is 5.54 Å². The molecule has 0 amide bonds. The highest BCUT2D eigenvalue weighted by molar-refractivity contribution is 5.79. The molecule has 1 heterocycles. The number of nitrogens with two attached hydrogens (primary N) is 1. The third-order valence-electron chi connectivity index (χ3n) is 3.93. The summed E-state index contributed by atoms with van der Waals surface area (Å²) >= 11 is 0. The third kappa shape index (κ3) is 2.81. The van der Waals surface area contributed by atoms with E-state index in [1.54, 1.807) is 6.92 Å². The summed E-state index contributed by atoms with van der Waals surface area (Å²) in [6.45, 7) is 4.46. The van der Waals surface area contributed by atoms with E-state index in [9.17, 15) is 4.79 Å². The highest BCUT2D eigenvalue weighted by Gasteiger charge is 2.30. The fourth-order valence-corrected chi connectivity index (χ4v) is 2.71. The van der Waals surface area contributed by atoms with Crippen LogP contribution in [0.2, 0.25) is 0 Å². The Bertz CT molecular complexity index is 477. The molecule has 0 spiro atoms. The van der Waals surface area contributed by atoms with E-state index in [0.717, 1.165) is 25.2 Å². The lowest BCUT2D eigenvalue weighted by molar-refractivity contribution is -0.146. The highest BCUT2D eigenvalue weighted by Crippen LogP contribution is 2.23. The predicted molar refractivity (Wildman–Crippen MR) is 72.8 cm³/mol. The van der Waals surface area contributed by atoms with E-state index in [-0.39, 0.29) is 5.97 Å².